The third kappa shape index (κ3) is 2.75. The fraction of sp³-hybridized carbons (Fsp3) is 0.500. The number of rotatable bonds is 5. The molecule has 3 rings (SSSR count). The molecule has 1 saturated carbocycles. The van der Waals surface area contributed by atoms with Gasteiger partial charge in [-0.3, -0.25) is 4.79 Å². The largest absolute Gasteiger partial charge is 0.376 e. The molecule has 20 heavy (non-hydrogen) atoms. The van der Waals surface area contributed by atoms with Crippen LogP contribution in [0.3, 0.4) is 0 Å². The maximum absolute atomic E-state index is 10.9. The number of ether oxygens (including phenoxy) is 1. The molecule has 2 heterocycles. The Morgan fingerprint density at radius 3 is 3.00 bits per heavy atom. The number of hydrogen-bond donors (Lipinski definition) is 2. The molecule has 1 aliphatic rings. The normalized spacial score (nSPS) is 16.9. The van der Waals surface area contributed by atoms with Gasteiger partial charge in [0.1, 0.15) is 5.69 Å². The van der Waals surface area contributed by atoms with Crippen molar-refractivity contribution >= 4 is 0 Å². The van der Waals surface area contributed by atoms with E-state index in [1.807, 2.05) is 0 Å². The van der Waals surface area contributed by atoms with Crippen LogP contribution in [0.5, 0.6) is 0 Å². The summed E-state index contributed by atoms with van der Waals surface area (Å²) in [6.45, 7) is 0.364. The number of aromatic nitrogens is 4. The smallest absolute Gasteiger partial charge is 0.278 e. The predicted molar refractivity (Wildman–Crippen MR) is 68.7 cm³/mol. The highest BCUT2D eigenvalue weighted by atomic mass is 16.5. The average Bonchev–Trinajstić information content (AvgIpc) is 2.87. The Balaban J connectivity index is 1.65. The molecular weight excluding hydrogens is 262 g/mol. The van der Waals surface area contributed by atoms with Crippen LogP contribution in [0.15, 0.2) is 21.5 Å². The van der Waals surface area contributed by atoms with Crippen molar-refractivity contribution in [2.45, 2.75) is 31.4 Å². The Labute approximate surface area is 114 Å². The molecular formula is C12H15N5O3. The zero-order valence-corrected chi connectivity index (χ0v) is 10.8. The first-order valence-corrected chi connectivity index (χ1v) is 6.49. The molecule has 1 unspecified atom stereocenters. The van der Waals surface area contributed by atoms with Crippen LogP contribution < -0.4 is 11.3 Å². The van der Waals surface area contributed by atoms with Gasteiger partial charge in [-0.2, -0.15) is 10.1 Å². The maximum Gasteiger partial charge on any atom is 0.278 e. The van der Waals surface area contributed by atoms with Gasteiger partial charge in [-0.25, -0.2) is 5.10 Å². The van der Waals surface area contributed by atoms with E-state index in [1.54, 1.807) is 0 Å². The molecule has 0 aliphatic heterocycles. The van der Waals surface area contributed by atoms with Crippen molar-refractivity contribution in [1.29, 1.82) is 0 Å². The van der Waals surface area contributed by atoms with Crippen LogP contribution in [0.2, 0.25) is 0 Å². The Morgan fingerprint density at radius 1 is 1.50 bits per heavy atom. The van der Waals surface area contributed by atoms with Gasteiger partial charge in [-0.15, -0.1) is 0 Å². The van der Waals surface area contributed by atoms with Crippen molar-refractivity contribution in [2.75, 3.05) is 6.61 Å². The third-order valence-corrected chi connectivity index (χ3v) is 3.24. The van der Waals surface area contributed by atoms with Gasteiger partial charge >= 0.3 is 0 Å². The first kappa shape index (κ1) is 12.9. The minimum absolute atomic E-state index is 0.218. The van der Waals surface area contributed by atoms with Crippen LogP contribution in [0.4, 0.5) is 0 Å². The molecule has 2 aromatic heterocycles. The summed E-state index contributed by atoms with van der Waals surface area (Å²) in [4.78, 5) is 15.1. The van der Waals surface area contributed by atoms with E-state index in [0.717, 1.165) is 12.8 Å². The monoisotopic (exact) mass is 277 g/mol. The highest BCUT2D eigenvalue weighted by Crippen LogP contribution is 2.23. The molecule has 0 aromatic carbocycles. The quantitative estimate of drug-likeness (QED) is 0.810. The molecule has 1 aliphatic carbocycles. The SMILES string of the molecule is NC(COC1CCC1)c1noc(-c2ccc(=O)[nH]n2)n1. The molecule has 8 nitrogen and oxygen atoms in total. The number of H-pyrrole nitrogens is 1. The van der Waals surface area contributed by atoms with Gasteiger partial charge in [0.05, 0.1) is 18.8 Å². The fourth-order valence-corrected chi connectivity index (χ4v) is 1.80. The van der Waals surface area contributed by atoms with Gasteiger partial charge in [-0.05, 0) is 25.3 Å². The first-order valence-electron chi connectivity index (χ1n) is 6.49. The van der Waals surface area contributed by atoms with Gasteiger partial charge in [-0.1, -0.05) is 5.16 Å². The number of nitrogens with one attached hydrogen (secondary N) is 1. The molecule has 106 valence electrons. The highest BCUT2D eigenvalue weighted by Gasteiger charge is 2.21. The second-order valence-electron chi connectivity index (χ2n) is 4.76. The van der Waals surface area contributed by atoms with Gasteiger partial charge in [0, 0.05) is 6.07 Å². The average molecular weight is 277 g/mol. The Kier molecular flexibility index (Phi) is 3.57. The lowest BCUT2D eigenvalue weighted by Gasteiger charge is -2.26. The first-order chi connectivity index (χ1) is 9.72. The Hall–Kier alpha value is -2.06. The fourth-order valence-electron chi connectivity index (χ4n) is 1.80. The number of hydrogen-bond acceptors (Lipinski definition) is 7. The number of aromatic amines is 1. The molecule has 1 fully saturated rings. The molecule has 0 bridgehead atoms. The lowest BCUT2D eigenvalue weighted by Crippen LogP contribution is -2.27. The van der Waals surface area contributed by atoms with Crippen LogP contribution in [-0.2, 0) is 4.74 Å². The van der Waals surface area contributed by atoms with Gasteiger partial charge < -0.3 is 15.0 Å². The summed E-state index contributed by atoms with van der Waals surface area (Å²) < 4.78 is 10.7. The van der Waals surface area contributed by atoms with Crippen LogP contribution in [0, 0.1) is 0 Å². The van der Waals surface area contributed by atoms with E-state index in [4.69, 9.17) is 15.0 Å². The van der Waals surface area contributed by atoms with Crippen molar-refractivity contribution in [3.63, 3.8) is 0 Å². The van der Waals surface area contributed by atoms with Crippen LogP contribution >= 0.6 is 0 Å². The summed E-state index contributed by atoms with van der Waals surface area (Å²) in [6, 6.07) is 2.41. The van der Waals surface area contributed by atoms with Crippen molar-refractivity contribution in [1.82, 2.24) is 20.3 Å². The molecule has 8 heteroatoms. The van der Waals surface area contributed by atoms with E-state index in [9.17, 15) is 4.79 Å². The summed E-state index contributed by atoms with van der Waals surface area (Å²) in [7, 11) is 0. The molecule has 0 amide bonds. The van der Waals surface area contributed by atoms with E-state index in [1.165, 1.54) is 18.6 Å². The van der Waals surface area contributed by atoms with Crippen molar-refractivity contribution < 1.29 is 9.26 Å². The summed E-state index contributed by atoms with van der Waals surface area (Å²) in [5.74, 6) is 0.586. The summed E-state index contributed by atoms with van der Waals surface area (Å²) >= 11 is 0. The van der Waals surface area contributed by atoms with E-state index in [0.29, 0.717) is 24.2 Å². The van der Waals surface area contributed by atoms with Gasteiger partial charge in [0.25, 0.3) is 11.4 Å². The molecule has 0 spiro atoms. The lowest BCUT2D eigenvalue weighted by atomic mass is 9.96. The van der Waals surface area contributed by atoms with Crippen LogP contribution in [0.1, 0.15) is 31.1 Å². The van der Waals surface area contributed by atoms with Crippen molar-refractivity contribution in [3.05, 3.63) is 28.3 Å². The van der Waals surface area contributed by atoms with E-state index in [-0.39, 0.29) is 11.4 Å². The molecule has 3 N–H and O–H groups in total. The summed E-state index contributed by atoms with van der Waals surface area (Å²) in [6.07, 6.45) is 3.70. The Morgan fingerprint density at radius 2 is 2.35 bits per heavy atom. The van der Waals surface area contributed by atoms with Crippen LogP contribution in [0.25, 0.3) is 11.6 Å². The molecule has 0 radical (unpaired) electrons. The third-order valence-electron chi connectivity index (χ3n) is 3.24. The highest BCUT2D eigenvalue weighted by molar-refractivity contribution is 5.44. The second kappa shape index (κ2) is 5.51. The Bertz CT molecular complexity index is 614. The molecule has 1 atom stereocenters. The minimum atomic E-state index is -0.434. The summed E-state index contributed by atoms with van der Waals surface area (Å²) in [5, 5.41) is 9.93. The standard InChI is InChI=1S/C12H15N5O3/c13-8(6-19-7-2-1-3-7)11-14-12(20-17-11)9-4-5-10(18)16-15-9/h4-5,7-8H,1-3,6,13H2,(H,16,18). The zero-order chi connectivity index (χ0) is 13.9. The predicted octanol–water partition coefficient (Wildman–Crippen LogP) is 0.389. The van der Waals surface area contributed by atoms with E-state index in [2.05, 4.69) is 20.3 Å². The van der Waals surface area contributed by atoms with E-state index < -0.39 is 6.04 Å². The molecule has 0 saturated heterocycles. The number of nitrogens with zero attached hydrogens (tertiary/aromatic N) is 3. The maximum atomic E-state index is 10.9. The summed E-state index contributed by atoms with van der Waals surface area (Å²) in [5.41, 5.74) is 6.06. The topological polar surface area (TPSA) is 120 Å². The second-order valence-corrected chi connectivity index (χ2v) is 4.76. The molecule has 2 aromatic rings. The number of nitrogens with two attached hydrogens (primary N) is 1. The van der Waals surface area contributed by atoms with E-state index >= 15 is 0 Å². The van der Waals surface area contributed by atoms with Crippen LogP contribution in [-0.4, -0.2) is 33.0 Å². The lowest BCUT2D eigenvalue weighted by molar-refractivity contribution is -0.00549. The van der Waals surface area contributed by atoms with Gasteiger partial charge in [0.15, 0.2) is 5.82 Å². The zero-order valence-electron chi connectivity index (χ0n) is 10.8. The van der Waals surface area contributed by atoms with Crippen molar-refractivity contribution in [3.8, 4) is 11.6 Å². The van der Waals surface area contributed by atoms with Gasteiger partial charge in [0.2, 0.25) is 0 Å². The van der Waals surface area contributed by atoms with Crippen molar-refractivity contribution in [2.24, 2.45) is 5.73 Å². The minimum Gasteiger partial charge on any atom is -0.376 e.